The third-order valence-corrected chi connectivity index (χ3v) is 6.02. The van der Waals surface area contributed by atoms with Crippen LogP contribution < -0.4 is 27.0 Å². The van der Waals surface area contributed by atoms with E-state index in [1.807, 2.05) is 6.07 Å². The number of nitrogen functional groups attached to an aromatic ring is 1. The van der Waals surface area contributed by atoms with Crippen LogP contribution in [-0.4, -0.2) is 55.0 Å². The molecule has 0 unspecified atom stereocenters. The van der Waals surface area contributed by atoms with Crippen molar-refractivity contribution in [2.75, 3.05) is 37.2 Å². The van der Waals surface area contributed by atoms with Gasteiger partial charge in [0.25, 0.3) is 5.91 Å². The second kappa shape index (κ2) is 12.2. The van der Waals surface area contributed by atoms with E-state index in [9.17, 15) is 27.6 Å². The van der Waals surface area contributed by atoms with Crippen molar-refractivity contribution < 1.29 is 27.6 Å². The zero-order valence-corrected chi connectivity index (χ0v) is 20.8. The van der Waals surface area contributed by atoms with Gasteiger partial charge in [-0.1, -0.05) is 17.7 Å². The molecule has 13 heteroatoms. The SMILES string of the molecule is CCNC(=O)Nc1cc(CN2CC[C@H](NC(=O)CNC(=O)c3cc(C(F)(F)F)ccc3N)C2)ccc1Cl. The number of carbonyl (C=O) groups excluding carboxylic acids is 3. The van der Waals surface area contributed by atoms with E-state index in [2.05, 4.69) is 26.2 Å². The highest BCUT2D eigenvalue weighted by molar-refractivity contribution is 6.33. The number of hydrogen-bond acceptors (Lipinski definition) is 5. The summed E-state index contributed by atoms with van der Waals surface area (Å²) in [5.41, 5.74) is 5.58. The van der Waals surface area contributed by atoms with Crippen molar-refractivity contribution in [2.24, 2.45) is 0 Å². The molecule has 1 aliphatic rings. The first kappa shape index (κ1) is 28.1. The van der Waals surface area contributed by atoms with E-state index in [0.717, 1.165) is 17.7 Å². The van der Waals surface area contributed by atoms with Crippen LogP contribution >= 0.6 is 11.6 Å². The fourth-order valence-electron chi connectivity index (χ4n) is 3.91. The number of rotatable bonds is 8. The van der Waals surface area contributed by atoms with Crippen molar-refractivity contribution in [3.05, 3.63) is 58.1 Å². The number of anilines is 2. The molecule has 200 valence electrons. The molecule has 0 radical (unpaired) electrons. The molecule has 0 bridgehead atoms. The van der Waals surface area contributed by atoms with Gasteiger partial charge in [-0.25, -0.2) is 4.79 Å². The number of benzene rings is 2. The lowest BCUT2D eigenvalue weighted by molar-refractivity contribution is -0.137. The van der Waals surface area contributed by atoms with Crippen molar-refractivity contribution in [2.45, 2.75) is 32.1 Å². The number of carbonyl (C=O) groups is 3. The molecule has 0 saturated carbocycles. The molecule has 3 rings (SSSR count). The first-order chi connectivity index (χ1) is 17.5. The fourth-order valence-corrected chi connectivity index (χ4v) is 4.07. The van der Waals surface area contributed by atoms with E-state index >= 15 is 0 Å². The maximum atomic E-state index is 12.9. The van der Waals surface area contributed by atoms with Gasteiger partial charge < -0.3 is 27.0 Å². The van der Waals surface area contributed by atoms with Crippen molar-refractivity contribution in [3.8, 4) is 0 Å². The third kappa shape index (κ3) is 7.99. The molecule has 9 nitrogen and oxygen atoms in total. The average Bonchev–Trinajstić information content (AvgIpc) is 3.25. The van der Waals surface area contributed by atoms with Gasteiger partial charge in [-0.05, 0) is 49.2 Å². The summed E-state index contributed by atoms with van der Waals surface area (Å²) in [5, 5.41) is 10.9. The van der Waals surface area contributed by atoms with Crippen LogP contribution in [0.5, 0.6) is 0 Å². The van der Waals surface area contributed by atoms with E-state index in [1.165, 1.54) is 0 Å². The molecule has 4 amide bonds. The number of halogens is 4. The molecule has 0 aliphatic carbocycles. The predicted octanol–water partition coefficient (Wildman–Crippen LogP) is 3.20. The van der Waals surface area contributed by atoms with Crippen molar-refractivity contribution in [1.29, 1.82) is 0 Å². The third-order valence-electron chi connectivity index (χ3n) is 5.69. The van der Waals surface area contributed by atoms with Crippen LogP contribution in [0.2, 0.25) is 5.02 Å². The summed E-state index contributed by atoms with van der Waals surface area (Å²) in [6.45, 7) is 3.71. The Kier molecular flexibility index (Phi) is 9.22. The molecule has 0 spiro atoms. The summed E-state index contributed by atoms with van der Waals surface area (Å²) in [7, 11) is 0. The average molecular weight is 541 g/mol. The predicted molar refractivity (Wildman–Crippen MR) is 134 cm³/mol. The van der Waals surface area contributed by atoms with E-state index in [0.29, 0.717) is 49.4 Å². The standard InChI is InChI=1S/C24H28ClF3N6O3/c1-2-30-23(37)33-20-9-14(3-5-18(20)25)12-34-8-7-16(13-34)32-21(35)11-31-22(36)17-10-15(24(26,27)28)4-6-19(17)29/h3-6,9-10,16H,2,7-8,11-13,29H2,1H3,(H,31,36)(H,32,35)(H2,30,33,37)/t16-/m0/s1. The van der Waals surface area contributed by atoms with Crippen LogP contribution in [0.15, 0.2) is 36.4 Å². The Morgan fingerprint density at radius 3 is 2.59 bits per heavy atom. The van der Waals surface area contributed by atoms with Gasteiger partial charge in [0.05, 0.1) is 28.4 Å². The fraction of sp³-hybridized carbons (Fsp3) is 0.375. The quantitative estimate of drug-likeness (QED) is 0.328. The summed E-state index contributed by atoms with van der Waals surface area (Å²) < 4.78 is 38.8. The lowest BCUT2D eigenvalue weighted by Gasteiger charge is -2.18. The van der Waals surface area contributed by atoms with E-state index in [1.54, 1.807) is 19.1 Å². The van der Waals surface area contributed by atoms with Crippen LogP contribution in [0, 0.1) is 0 Å². The van der Waals surface area contributed by atoms with Gasteiger partial charge >= 0.3 is 12.2 Å². The summed E-state index contributed by atoms with van der Waals surface area (Å²) in [5.74, 6) is -1.34. The Balaban J connectivity index is 1.49. The van der Waals surface area contributed by atoms with E-state index in [4.69, 9.17) is 17.3 Å². The Morgan fingerprint density at radius 2 is 1.89 bits per heavy atom. The first-order valence-electron chi connectivity index (χ1n) is 11.6. The van der Waals surface area contributed by atoms with Crippen LogP contribution in [0.25, 0.3) is 0 Å². The van der Waals surface area contributed by atoms with Gasteiger partial charge in [0.1, 0.15) is 0 Å². The van der Waals surface area contributed by atoms with E-state index < -0.39 is 30.1 Å². The summed E-state index contributed by atoms with van der Waals surface area (Å²) in [6.07, 6.45) is -3.94. The zero-order chi connectivity index (χ0) is 27.2. The second-order valence-electron chi connectivity index (χ2n) is 8.57. The maximum absolute atomic E-state index is 12.9. The van der Waals surface area contributed by atoms with Crippen LogP contribution in [0.4, 0.5) is 29.3 Å². The van der Waals surface area contributed by atoms with Crippen molar-refractivity contribution in [3.63, 3.8) is 0 Å². The van der Waals surface area contributed by atoms with Gasteiger partial charge in [-0.3, -0.25) is 14.5 Å². The Bertz CT molecular complexity index is 1160. The molecule has 37 heavy (non-hydrogen) atoms. The number of nitrogens with zero attached hydrogens (tertiary/aromatic N) is 1. The zero-order valence-electron chi connectivity index (χ0n) is 20.0. The molecule has 1 saturated heterocycles. The lowest BCUT2D eigenvalue weighted by atomic mass is 10.1. The van der Waals surface area contributed by atoms with Gasteiger partial charge in [-0.15, -0.1) is 0 Å². The molecule has 2 aromatic rings. The van der Waals surface area contributed by atoms with Gasteiger partial charge in [0.2, 0.25) is 5.91 Å². The molecule has 1 fully saturated rings. The number of nitrogens with two attached hydrogens (primary N) is 1. The van der Waals surface area contributed by atoms with Gasteiger partial charge in [-0.2, -0.15) is 13.2 Å². The monoisotopic (exact) mass is 540 g/mol. The van der Waals surface area contributed by atoms with Crippen LogP contribution in [0.3, 0.4) is 0 Å². The number of likely N-dealkylation sites (tertiary alicyclic amines) is 1. The molecule has 1 heterocycles. The number of alkyl halides is 3. The normalized spacial score (nSPS) is 15.8. The van der Waals surface area contributed by atoms with Gasteiger partial charge in [0.15, 0.2) is 0 Å². The molecule has 1 atom stereocenters. The molecule has 0 aromatic heterocycles. The van der Waals surface area contributed by atoms with Crippen molar-refractivity contribution >= 4 is 40.8 Å². The largest absolute Gasteiger partial charge is 0.416 e. The number of amides is 4. The highest BCUT2D eigenvalue weighted by atomic mass is 35.5. The molecule has 2 aromatic carbocycles. The topological polar surface area (TPSA) is 129 Å². The minimum absolute atomic E-state index is 0.121. The first-order valence-corrected chi connectivity index (χ1v) is 11.9. The number of hydrogen-bond donors (Lipinski definition) is 5. The van der Waals surface area contributed by atoms with Crippen LogP contribution in [-0.2, 0) is 17.5 Å². The molecule has 1 aliphatic heterocycles. The number of nitrogens with one attached hydrogen (secondary N) is 4. The van der Waals surface area contributed by atoms with E-state index in [-0.39, 0.29) is 23.3 Å². The Labute approximate surface area is 216 Å². The highest BCUT2D eigenvalue weighted by Crippen LogP contribution is 2.31. The maximum Gasteiger partial charge on any atom is 0.416 e. The highest BCUT2D eigenvalue weighted by Gasteiger charge is 2.31. The van der Waals surface area contributed by atoms with Crippen LogP contribution in [0.1, 0.15) is 34.8 Å². The lowest BCUT2D eigenvalue weighted by Crippen LogP contribution is -2.43. The number of urea groups is 1. The molecular weight excluding hydrogens is 513 g/mol. The van der Waals surface area contributed by atoms with Crippen molar-refractivity contribution in [1.82, 2.24) is 20.9 Å². The smallest absolute Gasteiger partial charge is 0.398 e. The minimum atomic E-state index is -4.62. The second-order valence-corrected chi connectivity index (χ2v) is 8.98. The Morgan fingerprint density at radius 1 is 1.14 bits per heavy atom. The summed E-state index contributed by atoms with van der Waals surface area (Å²) in [4.78, 5) is 38.6. The Hall–Kier alpha value is -3.51. The molecule has 6 N–H and O–H groups in total. The minimum Gasteiger partial charge on any atom is -0.398 e. The summed E-state index contributed by atoms with van der Waals surface area (Å²) in [6, 6.07) is 7.28. The van der Waals surface area contributed by atoms with Gasteiger partial charge in [0, 0.05) is 37.9 Å². The molecular formula is C24H28ClF3N6O3. The summed E-state index contributed by atoms with van der Waals surface area (Å²) >= 11 is 6.17.